The van der Waals surface area contributed by atoms with Gasteiger partial charge < -0.3 is 10.2 Å². The fourth-order valence-corrected chi connectivity index (χ4v) is 5.02. The molecule has 0 saturated carbocycles. The number of amidine groups is 1. The number of aromatic nitrogens is 1. The molecule has 0 bridgehead atoms. The van der Waals surface area contributed by atoms with Crippen molar-refractivity contribution in [1.29, 1.82) is 0 Å². The van der Waals surface area contributed by atoms with E-state index in [-0.39, 0.29) is 24.1 Å². The van der Waals surface area contributed by atoms with Crippen molar-refractivity contribution in [2.24, 2.45) is 4.99 Å². The second kappa shape index (κ2) is 8.97. The highest BCUT2D eigenvalue weighted by atomic mass is 32.2. The molecule has 2 aromatic rings. The number of carbonyl (C=O) groups is 3. The van der Waals surface area contributed by atoms with Gasteiger partial charge in [-0.15, -0.1) is 11.3 Å². The maximum absolute atomic E-state index is 12.4. The van der Waals surface area contributed by atoms with Gasteiger partial charge >= 0.3 is 0 Å². The summed E-state index contributed by atoms with van der Waals surface area (Å²) in [5.41, 5.74) is 1.88. The summed E-state index contributed by atoms with van der Waals surface area (Å²) in [6, 6.07) is 6.59. The Hall–Kier alpha value is -2.72. The molecule has 10 heteroatoms. The third-order valence-electron chi connectivity index (χ3n) is 4.75. The fourth-order valence-electron chi connectivity index (χ4n) is 3.22. The Labute approximate surface area is 182 Å². The maximum atomic E-state index is 12.4. The van der Waals surface area contributed by atoms with Gasteiger partial charge in [-0.2, -0.15) is 4.99 Å². The number of hydrogen-bond acceptors (Lipinski definition) is 7. The average molecular weight is 444 g/mol. The van der Waals surface area contributed by atoms with Gasteiger partial charge in [-0.05, 0) is 44.0 Å². The Bertz CT molecular complexity index is 996. The highest BCUT2D eigenvalue weighted by molar-refractivity contribution is 8.15. The number of amides is 3. The van der Waals surface area contributed by atoms with Gasteiger partial charge in [0.15, 0.2) is 10.3 Å². The molecule has 8 nitrogen and oxygen atoms in total. The smallest absolute Gasteiger partial charge is 0.262 e. The summed E-state index contributed by atoms with van der Waals surface area (Å²) in [4.78, 5) is 47.2. The predicted octanol–water partition coefficient (Wildman–Crippen LogP) is 3.13. The van der Waals surface area contributed by atoms with Crippen molar-refractivity contribution >= 4 is 56.8 Å². The molecule has 1 aromatic heterocycles. The highest BCUT2D eigenvalue weighted by Crippen LogP contribution is 2.29. The minimum atomic E-state index is -0.479. The van der Waals surface area contributed by atoms with E-state index in [1.54, 1.807) is 24.3 Å². The lowest BCUT2D eigenvalue weighted by molar-refractivity contribution is -0.121. The van der Waals surface area contributed by atoms with Crippen LogP contribution in [0.3, 0.4) is 0 Å². The van der Waals surface area contributed by atoms with Crippen molar-refractivity contribution < 1.29 is 14.4 Å². The SMILES string of the molecule is Cc1csc(NC(=O)c2ccc(NC(=O)C[C@@H]3SC(N4CCCC4)=NC3=O)cc2)n1. The zero-order chi connectivity index (χ0) is 21.1. The van der Waals surface area contributed by atoms with Crippen molar-refractivity contribution in [3.63, 3.8) is 0 Å². The largest absolute Gasteiger partial charge is 0.351 e. The van der Waals surface area contributed by atoms with Gasteiger partial charge in [0.1, 0.15) is 5.25 Å². The number of thioether (sulfide) groups is 1. The number of likely N-dealkylation sites (tertiary alicyclic amines) is 1. The summed E-state index contributed by atoms with van der Waals surface area (Å²) >= 11 is 2.74. The Morgan fingerprint density at radius 3 is 2.57 bits per heavy atom. The molecule has 0 spiro atoms. The molecule has 0 radical (unpaired) electrons. The van der Waals surface area contributed by atoms with Gasteiger partial charge in [-0.25, -0.2) is 4.98 Å². The zero-order valence-electron chi connectivity index (χ0n) is 16.4. The van der Waals surface area contributed by atoms with Crippen LogP contribution in [0.2, 0.25) is 0 Å². The summed E-state index contributed by atoms with van der Waals surface area (Å²) < 4.78 is 0. The molecular formula is C20H21N5O3S2. The van der Waals surface area contributed by atoms with E-state index in [9.17, 15) is 14.4 Å². The van der Waals surface area contributed by atoms with Crippen LogP contribution in [0.5, 0.6) is 0 Å². The van der Waals surface area contributed by atoms with Gasteiger partial charge in [0.25, 0.3) is 11.8 Å². The van der Waals surface area contributed by atoms with Gasteiger partial charge in [-0.1, -0.05) is 11.8 Å². The predicted molar refractivity (Wildman–Crippen MR) is 119 cm³/mol. The van der Waals surface area contributed by atoms with E-state index in [4.69, 9.17) is 0 Å². The van der Waals surface area contributed by atoms with E-state index in [1.165, 1.54) is 23.1 Å². The van der Waals surface area contributed by atoms with E-state index in [1.807, 2.05) is 12.3 Å². The van der Waals surface area contributed by atoms with Crippen molar-refractivity contribution in [2.75, 3.05) is 23.7 Å². The molecule has 156 valence electrons. The highest BCUT2D eigenvalue weighted by Gasteiger charge is 2.33. The fraction of sp³-hybridized carbons (Fsp3) is 0.350. The number of thiazole rings is 1. The molecular weight excluding hydrogens is 422 g/mol. The number of carbonyl (C=O) groups excluding carboxylic acids is 3. The molecule has 0 unspecified atom stereocenters. The Balaban J connectivity index is 1.28. The number of nitrogens with zero attached hydrogens (tertiary/aromatic N) is 3. The number of nitrogens with one attached hydrogen (secondary N) is 2. The summed E-state index contributed by atoms with van der Waals surface area (Å²) in [6.07, 6.45) is 2.28. The molecule has 1 aromatic carbocycles. The Kier molecular flexibility index (Phi) is 6.14. The molecule has 1 fully saturated rings. The summed E-state index contributed by atoms with van der Waals surface area (Å²) in [5, 5.41) is 8.19. The summed E-state index contributed by atoms with van der Waals surface area (Å²) in [5.74, 6) is -0.766. The molecule has 0 aliphatic carbocycles. The van der Waals surface area contributed by atoms with Gasteiger partial charge in [0.05, 0.1) is 5.69 Å². The first kappa shape index (κ1) is 20.5. The van der Waals surface area contributed by atoms with Crippen LogP contribution < -0.4 is 10.6 Å². The van der Waals surface area contributed by atoms with Crippen LogP contribution in [0.4, 0.5) is 10.8 Å². The van der Waals surface area contributed by atoms with E-state index in [0.29, 0.717) is 16.4 Å². The number of rotatable bonds is 5. The van der Waals surface area contributed by atoms with E-state index in [2.05, 4.69) is 25.5 Å². The number of hydrogen-bond donors (Lipinski definition) is 2. The number of aryl methyl sites for hydroxylation is 1. The van der Waals surface area contributed by atoms with Gasteiger partial charge in [0.2, 0.25) is 5.91 Å². The molecule has 3 heterocycles. The van der Waals surface area contributed by atoms with Gasteiger partial charge in [0, 0.05) is 36.1 Å². The third-order valence-corrected chi connectivity index (χ3v) is 6.84. The van der Waals surface area contributed by atoms with Crippen LogP contribution in [0.25, 0.3) is 0 Å². The van der Waals surface area contributed by atoms with Crippen molar-refractivity contribution in [2.45, 2.75) is 31.4 Å². The lowest BCUT2D eigenvalue weighted by Gasteiger charge is -2.16. The van der Waals surface area contributed by atoms with E-state index < -0.39 is 5.25 Å². The molecule has 4 rings (SSSR count). The topological polar surface area (TPSA) is 104 Å². The van der Waals surface area contributed by atoms with Crippen LogP contribution in [0, 0.1) is 6.92 Å². The van der Waals surface area contributed by atoms with Crippen LogP contribution in [0.1, 0.15) is 35.3 Å². The number of aliphatic imine (C=N–C) groups is 1. The van der Waals surface area contributed by atoms with Crippen LogP contribution >= 0.6 is 23.1 Å². The zero-order valence-corrected chi connectivity index (χ0v) is 18.0. The van der Waals surface area contributed by atoms with Crippen molar-refractivity contribution in [3.8, 4) is 0 Å². The minimum Gasteiger partial charge on any atom is -0.351 e. The van der Waals surface area contributed by atoms with Gasteiger partial charge in [-0.3, -0.25) is 19.7 Å². The van der Waals surface area contributed by atoms with E-state index >= 15 is 0 Å². The average Bonchev–Trinajstić information content (AvgIpc) is 3.45. The first-order chi connectivity index (χ1) is 14.5. The summed E-state index contributed by atoms with van der Waals surface area (Å²) in [7, 11) is 0. The van der Waals surface area contributed by atoms with E-state index in [0.717, 1.165) is 36.8 Å². The lowest BCUT2D eigenvalue weighted by atomic mass is 10.2. The standard InChI is InChI=1S/C20H21N5O3S2/c1-12-11-29-19(21-12)23-17(27)13-4-6-14(7-5-13)22-16(26)10-15-18(28)24-20(30-15)25-8-2-3-9-25/h4-7,11,15H,2-3,8-10H2,1H3,(H,22,26)(H,21,23,27)/t15-/m0/s1. The Morgan fingerprint density at radius 2 is 1.90 bits per heavy atom. The second-order valence-corrected chi connectivity index (χ2v) is 9.14. The molecule has 30 heavy (non-hydrogen) atoms. The first-order valence-electron chi connectivity index (χ1n) is 9.65. The van der Waals surface area contributed by atoms with Crippen LogP contribution in [0.15, 0.2) is 34.6 Å². The van der Waals surface area contributed by atoms with Crippen LogP contribution in [-0.4, -0.2) is 51.1 Å². The van der Waals surface area contributed by atoms with Crippen LogP contribution in [-0.2, 0) is 9.59 Å². The number of benzene rings is 1. The monoisotopic (exact) mass is 443 g/mol. The third kappa shape index (κ3) is 4.88. The molecule has 1 saturated heterocycles. The first-order valence-corrected chi connectivity index (χ1v) is 11.4. The number of anilines is 2. The normalized spacial score (nSPS) is 18.4. The molecule has 1 atom stereocenters. The molecule has 2 N–H and O–H groups in total. The molecule has 2 aliphatic heterocycles. The molecule has 3 amide bonds. The maximum Gasteiger partial charge on any atom is 0.262 e. The van der Waals surface area contributed by atoms with Crippen molar-refractivity contribution in [3.05, 3.63) is 40.9 Å². The Morgan fingerprint density at radius 1 is 1.17 bits per heavy atom. The van der Waals surface area contributed by atoms with Crippen molar-refractivity contribution in [1.82, 2.24) is 9.88 Å². The lowest BCUT2D eigenvalue weighted by Crippen LogP contribution is -2.25. The summed E-state index contributed by atoms with van der Waals surface area (Å²) in [6.45, 7) is 3.70. The quantitative estimate of drug-likeness (QED) is 0.736. The second-order valence-electron chi connectivity index (χ2n) is 7.11. The molecule has 2 aliphatic rings. The minimum absolute atomic E-state index is 0.0655.